The highest BCUT2D eigenvalue weighted by Gasteiger charge is 2.46. The topological polar surface area (TPSA) is 109 Å². The predicted molar refractivity (Wildman–Crippen MR) is 136 cm³/mol. The minimum Gasteiger partial charge on any atom is -0.507 e. The van der Waals surface area contributed by atoms with Gasteiger partial charge in [0.05, 0.1) is 31.9 Å². The highest BCUT2D eigenvalue weighted by Crippen LogP contribution is 2.42. The van der Waals surface area contributed by atoms with Crippen molar-refractivity contribution < 1.29 is 34.0 Å². The molecule has 0 aliphatic carbocycles. The first-order valence-corrected chi connectivity index (χ1v) is 12.6. The van der Waals surface area contributed by atoms with Crippen molar-refractivity contribution in [2.24, 2.45) is 0 Å². The molecule has 0 radical (unpaired) electrons. The summed E-state index contributed by atoms with van der Waals surface area (Å²) < 4.78 is 16.5. The van der Waals surface area contributed by atoms with E-state index in [2.05, 4.69) is 4.90 Å². The summed E-state index contributed by atoms with van der Waals surface area (Å²) in [6.45, 7) is 6.10. The van der Waals surface area contributed by atoms with Crippen LogP contribution in [-0.2, 0) is 20.7 Å². The van der Waals surface area contributed by atoms with Crippen LogP contribution < -0.4 is 9.47 Å². The van der Waals surface area contributed by atoms with E-state index in [0.717, 1.165) is 30.9 Å². The minimum absolute atomic E-state index is 0.0241. The number of likely N-dealkylation sites (tertiary alicyclic amines) is 1. The number of Topliss-reactive ketones (excluding diaryl/α,β-unsaturated/α-hetero) is 1. The molecule has 2 fully saturated rings. The first-order valence-electron chi connectivity index (χ1n) is 12.6. The van der Waals surface area contributed by atoms with Gasteiger partial charge in [0.15, 0.2) is 11.5 Å². The smallest absolute Gasteiger partial charge is 0.295 e. The van der Waals surface area contributed by atoms with Gasteiger partial charge in [0, 0.05) is 38.2 Å². The number of benzene rings is 2. The van der Waals surface area contributed by atoms with Crippen molar-refractivity contribution in [1.82, 2.24) is 9.80 Å². The number of ketones is 1. The number of carbonyl (C=O) groups excluding carboxylic acids is 2. The normalized spacial score (nSPS) is 23.2. The molecule has 196 valence electrons. The Kier molecular flexibility index (Phi) is 7.08. The first kappa shape index (κ1) is 25.1. The van der Waals surface area contributed by atoms with Gasteiger partial charge in [0.2, 0.25) is 0 Å². The van der Waals surface area contributed by atoms with Gasteiger partial charge in [-0.05, 0) is 54.8 Å². The fraction of sp³-hybridized carbons (Fsp3) is 0.429. The number of rotatable bonds is 7. The van der Waals surface area contributed by atoms with E-state index in [9.17, 15) is 19.8 Å². The summed E-state index contributed by atoms with van der Waals surface area (Å²) in [4.78, 5) is 30.4. The van der Waals surface area contributed by atoms with Gasteiger partial charge in [0.25, 0.3) is 11.7 Å². The maximum Gasteiger partial charge on any atom is 0.295 e. The Morgan fingerprint density at radius 1 is 1.11 bits per heavy atom. The molecule has 2 saturated heterocycles. The second kappa shape index (κ2) is 10.4. The van der Waals surface area contributed by atoms with Gasteiger partial charge in [-0.2, -0.15) is 0 Å². The van der Waals surface area contributed by atoms with Crippen molar-refractivity contribution in [3.63, 3.8) is 0 Å². The van der Waals surface area contributed by atoms with Crippen molar-refractivity contribution in [3.8, 4) is 17.2 Å². The van der Waals surface area contributed by atoms with Crippen molar-refractivity contribution in [2.75, 3.05) is 46.5 Å². The molecule has 2 aromatic carbocycles. The SMILES string of the molecule is COc1cc(C2/C(=C(\O)c3ccc4c(c3)CC(C)O4)C(=O)C(=O)N2CCCN2CCOCC2)ccc1O. The molecule has 37 heavy (non-hydrogen) atoms. The van der Waals surface area contributed by atoms with Gasteiger partial charge in [-0.1, -0.05) is 6.07 Å². The third kappa shape index (κ3) is 4.89. The second-order valence-electron chi connectivity index (χ2n) is 9.69. The van der Waals surface area contributed by atoms with Gasteiger partial charge in [-0.3, -0.25) is 14.5 Å². The number of nitrogens with zero attached hydrogens (tertiary/aromatic N) is 2. The number of aliphatic hydroxyl groups is 1. The van der Waals surface area contributed by atoms with Crippen LogP contribution in [0.5, 0.6) is 17.2 Å². The minimum atomic E-state index is -0.817. The fourth-order valence-corrected chi connectivity index (χ4v) is 5.34. The molecular weight excluding hydrogens is 476 g/mol. The summed E-state index contributed by atoms with van der Waals surface area (Å²) in [5.41, 5.74) is 1.99. The Hall–Kier alpha value is -3.56. The fourth-order valence-electron chi connectivity index (χ4n) is 5.34. The number of aliphatic hydroxyl groups excluding tert-OH is 1. The summed E-state index contributed by atoms with van der Waals surface area (Å²) in [6.07, 6.45) is 1.39. The highest BCUT2D eigenvalue weighted by molar-refractivity contribution is 6.46. The molecule has 9 heteroatoms. The number of carbonyl (C=O) groups is 2. The Morgan fingerprint density at radius 2 is 1.89 bits per heavy atom. The van der Waals surface area contributed by atoms with Gasteiger partial charge in [0.1, 0.15) is 17.6 Å². The summed E-state index contributed by atoms with van der Waals surface area (Å²) in [5.74, 6) is -0.686. The third-order valence-electron chi connectivity index (χ3n) is 7.21. The lowest BCUT2D eigenvalue weighted by Gasteiger charge is -2.29. The van der Waals surface area contributed by atoms with Gasteiger partial charge >= 0.3 is 0 Å². The molecule has 3 aliphatic heterocycles. The number of aromatic hydroxyl groups is 1. The molecule has 1 amide bonds. The van der Waals surface area contributed by atoms with E-state index in [1.54, 1.807) is 24.3 Å². The van der Waals surface area contributed by atoms with Crippen LogP contribution in [0, 0.1) is 0 Å². The number of amides is 1. The molecule has 2 unspecified atom stereocenters. The van der Waals surface area contributed by atoms with Crippen LogP contribution >= 0.6 is 0 Å². The predicted octanol–water partition coefficient (Wildman–Crippen LogP) is 2.87. The number of hydrogen-bond donors (Lipinski definition) is 2. The monoisotopic (exact) mass is 508 g/mol. The van der Waals surface area contributed by atoms with Crippen LogP contribution in [0.1, 0.15) is 36.1 Å². The van der Waals surface area contributed by atoms with Gasteiger partial charge < -0.3 is 29.3 Å². The molecule has 0 saturated carbocycles. The summed E-state index contributed by atoms with van der Waals surface area (Å²) in [5, 5.41) is 21.5. The summed E-state index contributed by atoms with van der Waals surface area (Å²) >= 11 is 0. The number of fused-ring (bicyclic) bond motifs is 1. The maximum absolute atomic E-state index is 13.3. The Morgan fingerprint density at radius 3 is 2.65 bits per heavy atom. The Bertz CT molecular complexity index is 1240. The van der Waals surface area contributed by atoms with E-state index in [4.69, 9.17) is 14.2 Å². The van der Waals surface area contributed by atoms with E-state index in [1.807, 2.05) is 13.0 Å². The summed E-state index contributed by atoms with van der Waals surface area (Å²) in [6, 6.07) is 9.20. The van der Waals surface area contributed by atoms with Crippen LogP contribution in [0.4, 0.5) is 0 Å². The Labute approximate surface area is 215 Å². The van der Waals surface area contributed by atoms with Crippen LogP contribution in [-0.4, -0.2) is 84.3 Å². The first-order chi connectivity index (χ1) is 17.9. The van der Waals surface area contributed by atoms with E-state index in [1.165, 1.54) is 18.1 Å². The molecule has 0 spiro atoms. The quantitative estimate of drug-likeness (QED) is 0.334. The number of phenols is 1. The molecule has 5 rings (SSSR count). The van der Waals surface area contributed by atoms with Crippen LogP contribution in [0.3, 0.4) is 0 Å². The zero-order chi connectivity index (χ0) is 26.1. The average Bonchev–Trinajstić information content (AvgIpc) is 3.40. The molecule has 2 aromatic rings. The van der Waals surface area contributed by atoms with Crippen LogP contribution in [0.15, 0.2) is 42.0 Å². The number of ether oxygens (including phenoxy) is 3. The largest absolute Gasteiger partial charge is 0.507 e. The number of phenolic OH excluding ortho intramolecular Hbond substituents is 1. The molecule has 0 bridgehead atoms. The van der Waals surface area contributed by atoms with E-state index in [0.29, 0.717) is 43.7 Å². The molecule has 9 nitrogen and oxygen atoms in total. The standard InChI is InChI=1S/C28H32N2O7/c1-17-14-20-15-19(5-7-22(20)37-17)26(32)24-25(18-4-6-21(31)23(16-18)35-2)30(28(34)27(24)33)9-3-8-29-10-12-36-13-11-29/h4-7,15-17,25,31-32H,3,8-14H2,1-2H3/b26-24+. The molecule has 3 aliphatic rings. The molecular formula is C28H32N2O7. The van der Waals surface area contributed by atoms with Crippen molar-refractivity contribution >= 4 is 17.4 Å². The maximum atomic E-state index is 13.3. The highest BCUT2D eigenvalue weighted by atomic mass is 16.5. The molecule has 3 heterocycles. The van der Waals surface area contributed by atoms with Crippen molar-refractivity contribution in [1.29, 1.82) is 0 Å². The van der Waals surface area contributed by atoms with E-state index >= 15 is 0 Å². The summed E-state index contributed by atoms with van der Waals surface area (Å²) in [7, 11) is 1.44. The van der Waals surface area contributed by atoms with Gasteiger partial charge in [-0.25, -0.2) is 0 Å². The average molecular weight is 509 g/mol. The van der Waals surface area contributed by atoms with E-state index in [-0.39, 0.29) is 28.9 Å². The zero-order valence-corrected chi connectivity index (χ0v) is 21.1. The van der Waals surface area contributed by atoms with Gasteiger partial charge in [-0.15, -0.1) is 0 Å². The Balaban J connectivity index is 1.51. The second-order valence-corrected chi connectivity index (χ2v) is 9.69. The lowest BCUT2D eigenvalue weighted by atomic mass is 9.94. The van der Waals surface area contributed by atoms with Crippen molar-refractivity contribution in [3.05, 3.63) is 58.7 Å². The van der Waals surface area contributed by atoms with Crippen molar-refractivity contribution in [2.45, 2.75) is 31.9 Å². The van der Waals surface area contributed by atoms with E-state index < -0.39 is 17.7 Å². The number of hydrogen-bond acceptors (Lipinski definition) is 8. The van der Waals surface area contributed by atoms with Crippen LogP contribution in [0.2, 0.25) is 0 Å². The lowest BCUT2D eigenvalue weighted by Crippen LogP contribution is -2.38. The number of methoxy groups -OCH3 is 1. The molecule has 2 atom stereocenters. The molecule has 0 aromatic heterocycles. The zero-order valence-electron chi connectivity index (χ0n) is 21.1. The number of morpholine rings is 1. The third-order valence-corrected chi connectivity index (χ3v) is 7.21. The van der Waals surface area contributed by atoms with Crippen LogP contribution in [0.25, 0.3) is 5.76 Å². The molecule has 2 N–H and O–H groups in total. The lowest BCUT2D eigenvalue weighted by molar-refractivity contribution is -0.140.